The van der Waals surface area contributed by atoms with Gasteiger partial charge in [0, 0.05) is 18.4 Å². The molecule has 2 saturated carbocycles. The van der Waals surface area contributed by atoms with Crippen molar-refractivity contribution in [3.05, 3.63) is 41.7 Å². The zero-order valence-electron chi connectivity index (χ0n) is 22.4. The second-order valence-electron chi connectivity index (χ2n) is 10.9. The van der Waals surface area contributed by atoms with Crippen molar-refractivity contribution in [1.29, 1.82) is 0 Å². The van der Waals surface area contributed by atoms with Crippen molar-refractivity contribution in [3.8, 4) is 23.5 Å². The minimum absolute atomic E-state index is 0.173. The summed E-state index contributed by atoms with van der Waals surface area (Å²) in [7, 11) is 1.65. The van der Waals surface area contributed by atoms with Gasteiger partial charge in [-0.15, -0.1) is 0 Å². The van der Waals surface area contributed by atoms with Gasteiger partial charge in [-0.05, 0) is 82.9 Å². The summed E-state index contributed by atoms with van der Waals surface area (Å²) in [6, 6.07) is 9.12. The van der Waals surface area contributed by atoms with Crippen molar-refractivity contribution in [3.63, 3.8) is 0 Å². The zero-order chi connectivity index (χ0) is 26.5. The molecule has 4 rings (SSSR count). The molecule has 2 fully saturated rings. The Morgan fingerprint density at radius 3 is 2.35 bits per heavy atom. The average molecular weight is 507 g/mol. The molecule has 1 amide bonds. The van der Waals surface area contributed by atoms with E-state index < -0.39 is 17.2 Å². The monoisotopic (exact) mass is 506 g/mol. The van der Waals surface area contributed by atoms with E-state index in [2.05, 4.69) is 21.9 Å². The fourth-order valence-electron chi connectivity index (χ4n) is 5.18. The quantitative estimate of drug-likeness (QED) is 0.404. The molecule has 0 unspecified atom stereocenters. The van der Waals surface area contributed by atoms with Gasteiger partial charge in [-0.3, -0.25) is 0 Å². The number of nitrogens with two attached hydrogens (primary N) is 1. The Morgan fingerprint density at radius 1 is 1.05 bits per heavy atom. The minimum atomic E-state index is -0.678. The standard InChI is InChI=1S/C29H38N4O4/c1-28(2,3)37-27(34)33(17-14-21-19-31-26(30)32-20-21)29(15-8-5-9-16-29)22-12-13-24(35-4)25(18-22)36-23-10-6-7-11-23/h12-13,18-20,23H,5-11,15-16H2,1-4H3,(H2,30,31,32). The second-order valence-corrected chi connectivity index (χ2v) is 10.9. The third-order valence-electron chi connectivity index (χ3n) is 6.97. The lowest BCUT2D eigenvalue weighted by atomic mass is 9.75. The van der Waals surface area contributed by atoms with Crippen molar-refractivity contribution >= 4 is 12.0 Å². The average Bonchev–Trinajstić information content (AvgIpc) is 3.38. The molecule has 1 aromatic carbocycles. The number of nitrogen functional groups attached to an aromatic ring is 1. The third-order valence-corrected chi connectivity index (χ3v) is 6.97. The maximum Gasteiger partial charge on any atom is 0.422 e. The number of hydrogen-bond acceptors (Lipinski definition) is 7. The smallest absolute Gasteiger partial charge is 0.422 e. The molecule has 0 spiro atoms. The number of ether oxygens (including phenoxy) is 3. The third kappa shape index (κ3) is 6.46. The van der Waals surface area contributed by atoms with E-state index in [1.807, 2.05) is 39.0 Å². The molecule has 0 bridgehead atoms. The topological polar surface area (TPSA) is 99.8 Å². The summed E-state index contributed by atoms with van der Waals surface area (Å²) in [4.78, 5) is 23.3. The van der Waals surface area contributed by atoms with Gasteiger partial charge in [0.25, 0.3) is 0 Å². The molecule has 37 heavy (non-hydrogen) atoms. The van der Waals surface area contributed by atoms with Gasteiger partial charge >= 0.3 is 6.09 Å². The van der Waals surface area contributed by atoms with Crippen LogP contribution in [-0.2, 0) is 10.3 Å². The first kappa shape index (κ1) is 26.6. The molecule has 2 aromatic rings. The number of anilines is 1. The van der Waals surface area contributed by atoms with Crippen molar-refractivity contribution in [1.82, 2.24) is 14.9 Å². The second kappa shape index (κ2) is 11.3. The van der Waals surface area contributed by atoms with Gasteiger partial charge in [-0.25, -0.2) is 19.7 Å². The van der Waals surface area contributed by atoms with Crippen LogP contribution < -0.4 is 15.2 Å². The molecule has 0 atom stereocenters. The fourth-order valence-corrected chi connectivity index (χ4v) is 5.18. The largest absolute Gasteiger partial charge is 0.493 e. The highest BCUT2D eigenvalue weighted by Gasteiger charge is 2.44. The number of hydrogen-bond donors (Lipinski definition) is 1. The van der Waals surface area contributed by atoms with E-state index in [1.165, 1.54) is 12.8 Å². The molecule has 8 nitrogen and oxygen atoms in total. The van der Waals surface area contributed by atoms with Gasteiger partial charge in [0.1, 0.15) is 5.60 Å². The van der Waals surface area contributed by atoms with Crippen LogP contribution in [0.3, 0.4) is 0 Å². The molecule has 0 radical (unpaired) electrons. The Kier molecular flexibility index (Phi) is 8.11. The number of carbonyl (C=O) groups excluding carboxylic acids is 1. The van der Waals surface area contributed by atoms with Crippen LogP contribution in [0.1, 0.15) is 89.7 Å². The van der Waals surface area contributed by atoms with E-state index in [4.69, 9.17) is 19.9 Å². The SMILES string of the molecule is COc1ccc(C2(N(C#Cc3cnc(N)nc3)C(=O)OC(C)(C)C)CCCCC2)cc1OC1CCCC1. The number of methoxy groups -OCH3 is 1. The lowest BCUT2D eigenvalue weighted by Gasteiger charge is -2.44. The van der Waals surface area contributed by atoms with Crippen molar-refractivity contribution in [2.24, 2.45) is 0 Å². The minimum Gasteiger partial charge on any atom is -0.493 e. The van der Waals surface area contributed by atoms with E-state index in [9.17, 15) is 4.79 Å². The Bertz CT molecular complexity index is 1140. The van der Waals surface area contributed by atoms with Crippen LogP contribution >= 0.6 is 0 Å². The van der Waals surface area contributed by atoms with E-state index in [0.29, 0.717) is 17.1 Å². The predicted octanol–water partition coefficient (Wildman–Crippen LogP) is 5.79. The van der Waals surface area contributed by atoms with Gasteiger partial charge in [-0.2, -0.15) is 0 Å². The molecule has 1 aromatic heterocycles. The van der Waals surface area contributed by atoms with Crippen LogP contribution in [0.15, 0.2) is 30.6 Å². The molecule has 198 valence electrons. The van der Waals surface area contributed by atoms with Gasteiger partial charge < -0.3 is 19.9 Å². The molecule has 2 aliphatic rings. The Hall–Kier alpha value is -3.47. The molecule has 2 N–H and O–H groups in total. The number of nitrogens with zero attached hydrogens (tertiary/aromatic N) is 3. The van der Waals surface area contributed by atoms with Crippen molar-refractivity contribution in [2.75, 3.05) is 12.8 Å². The zero-order valence-corrected chi connectivity index (χ0v) is 22.4. The highest BCUT2D eigenvalue weighted by Crippen LogP contribution is 2.45. The Balaban J connectivity index is 1.79. The first-order valence-electron chi connectivity index (χ1n) is 13.2. The number of aromatic nitrogens is 2. The maximum atomic E-state index is 13.7. The van der Waals surface area contributed by atoms with Crippen LogP contribution in [0.2, 0.25) is 0 Å². The van der Waals surface area contributed by atoms with Crippen LogP contribution in [-0.4, -0.2) is 39.8 Å². The number of amides is 1. The maximum absolute atomic E-state index is 13.7. The van der Waals surface area contributed by atoms with Gasteiger partial charge in [0.15, 0.2) is 11.5 Å². The first-order chi connectivity index (χ1) is 17.7. The molecular weight excluding hydrogens is 468 g/mol. The Morgan fingerprint density at radius 2 is 1.73 bits per heavy atom. The predicted molar refractivity (Wildman–Crippen MR) is 142 cm³/mol. The lowest BCUT2D eigenvalue weighted by molar-refractivity contribution is 0.00589. The summed E-state index contributed by atoms with van der Waals surface area (Å²) in [6.45, 7) is 5.58. The van der Waals surface area contributed by atoms with Crippen LogP contribution in [0.4, 0.5) is 10.7 Å². The van der Waals surface area contributed by atoms with Crippen LogP contribution in [0.5, 0.6) is 11.5 Å². The molecule has 1 heterocycles. The van der Waals surface area contributed by atoms with E-state index in [1.54, 1.807) is 24.4 Å². The summed E-state index contributed by atoms with van der Waals surface area (Å²) in [6.07, 6.45) is 11.8. The van der Waals surface area contributed by atoms with E-state index >= 15 is 0 Å². The van der Waals surface area contributed by atoms with Gasteiger partial charge in [0.05, 0.1) is 24.3 Å². The summed E-state index contributed by atoms with van der Waals surface area (Å²) in [5, 5.41) is 0. The highest BCUT2D eigenvalue weighted by atomic mass is 16.6. The fraction of sp³-hybridized carbons (Fsp3) is 0.552. The van der Waals surface area contributed by atoms with Gasteiger partial charge in [-0.1, -0.05) is 25.3 Å². The number of benzene rings is 1. The van der Waals surface area contributed by atoms with Crippen LogP contribution in [0.25, 0.3) is 0 Å². The van der Waals surface area contributed by atoms with E-state index in [0.717, 1.165) is 50.5 Å². The van der Waals surface area contributed by atoms with E-state index in [-0.39, 0.29) is 12.1 Å². The summed E-state index contributed by atoms with van der Waals surface area (Å²) < 4.78 is 17.9. The summed E-state index contributed by atoms with van der Waals surface area (Å²) in [5.74, 6) is 4.64. The molecular formula is C29H38N4O4. The number of carbonyl (C=O) groups is 1. The first-order valence-corrected chi connectivity index (χ1v) is 13.2. The normalized spacial score (nSPS) is 17.4. The molecule has 2 aliphatic carbocycles. The number of rotatable bonds is 5. The molecule has 0 saturated heterocycles. The lowest BCUT2D eigenvalue weighted by Crippen LogP contribution is -2.49. The van der Waals surface area contributed by atoms with Gasteiger partial charge in [0.2, 0.25) is 5.95 Å². The molecule has 8 heteroatoms. The summed E-state index contributed by atoms with van der Waals surface area (Å²) >= 11 is 0. The van der Waals surface area contributed by atoms with Crippen molar-refractivity contribution in [2.45, 2.75) is 95.8 Å². The highest BCUT2D eigenvalue weighted by molar-refractivity contribution is 5.72. The summed E-state index contributed by atoms with van der Waals surface area (Å²) in [5.41, 5.74) is 5.81. The Labute approximate surface area is 219 Å². The van der Waals surface area contributed by atoms with Crippen molar-refractivity contribution < 1.29 is 19.0 Å². The van der Waals surface area contributed by atoms with Crippen LogP contribution in [0, 0.1) is 12.0 Å². The molecule has 0 aliphatic heterocycles.